The maximum absolute atomic E-state index is 8.75. The summed E-state index contributed by atoms with van der Waals surface area (Å²) in [5.74, 6) is 0.689. The van der Waals surface area contributed by atoms with Gasteiger partial charge in [-0.15, -0.1) is 5.10 Å². The van der Waals surface area contributed by atoms with E-state index in [0.717, 1.165) is 37.2 Å². The van der Waals surface area contributed by atoms with Crippen molar-refractivity contribution >= 4 is 0 Å². The fourth-order valence-corrected chi connectivity index (χ4v) is 1.47. The summed E-state index contributed by atoms with van der Waals surface area (Å²) in [5, 5.41) is 17.0. The van der Waals surface area contributed by atoms with Crippen LogP contribution < -0.4 is 0 Å². The van der Waals surface area contributed by atoms with Crippen molar-refractivity contribution in [2.45, 2.75) is 46.6 Å². The second-order valence-electron chi connectivity index (χ2n) is 4.35. The molecule has 0 fully saturated rings. The molecule has 0 amide bonds. The van der Waals surface area contributed by atoms with Crippen molar-refractivity contribution in [1.82, 2.24) is 15.0 Å². The van der Waals surface area contributed by atoms with Crippen LogP contribution in [0.2, 0.25) is 0 Å². The molecule has 0 saturated heterocycles. The molecule has 0 aliphatic carbocycles. The van der Waals surface area contributed by atoms with E-state index in [4.69, 9.17) is 5.11 Å². The summed E-state index contributed by atoms with van der Waals surface area (Å²) in [5.41, 5.74) is 2.16. The second kappa shape index (κ2) is 5.85. The summed E-state index contributed by atoms with van der Waals surface area (Å²) in [6, 6.07) is 0. The van der Waals surface area contributed by atoms with Gasteiger partial charge in [0.15, 0.2) is 0 Å². The lowest BCUT2D eigenvalue weighted by Crippen LogP contribution is -2.05. The lowest BCUT2D eigenvalue weighted by atomic mass is 10.1. The molecule has 1 aromatic heterocycles. The van der Waals surface area contributed by atoms with Gasteiger partial charge < -0.3 is 5.11 Å². The number of aliphatic hydroxyl groups is 1. The minimum absolute atomic E-state index is 0.221. The summed E-state index contributed by atoms with van der Waals surface area (Å²) in [4.78, 5) is 0. The number of hydrogen-bond donors (Lipinski definition) is 1. The van der Waals surface area contributed by atoms with Gasteiger partial charge in [0, 0.05) is 13.2 Å². The van der Waals surface area contributed by atoms with Crippen molar-refractivity contribution in [3.8, 4) is 0 Å². The van der Waals surface area contributed by atoms with Crippen molar-refractivity contribution in [1.29, 1.82) is 0 Å². The van der Waals surface area contributed by atoms with E-state index in [1.807, 2.05) is 11.6 Å². The van der Waals surface area contributed by atoms with Gasteiger partial charge in [0.05, 0.1) is 11.4 Å². The zero-order chi connectivity index (χ0) is 11.3. The van der Waals surface area contributed by atoms with E-state index in [1.165, 1.54) is 0 Å². The Kier molecular flexibility index (Phi) is 4.75. The highest BCUT2D eigenvalue weighted by Gasteiger charge is 2.07. The molecular weight excluding hydrogens is 190 g/mol. The monoisotopic (exact) mass is 211 g/mol. The zero-order valence-electron chi connectivity index (χ0n) is 9.90. The third kappa shape index (κ3) is 3.63. The molecule has 1 heterocycles. The van der Waals surface area contributed by atoms with Crippen molar-refractivity contribution in [3.05, 3.63) is 11.4 Å². The average molecular weight is 211 g/mol. The molecule has 86 valence electrons. The van der Waals surface area contributed by atoms with Crippen molar-refractivity contribution in [3.63, 3.8) is 0 Å². The molecule has 1 aromatic rings. The predicted octanol–water partition coefficient (Wildman–Crippen LogP) is 1.56. The third-order valence-electron chi connectivity index (χ3n) is 2.57. The fourth-order valence-electron chi connectivity index (χ4n) is 1.47. The first kappa shape index (κ1) is 12.2. The molecule has 1 rings (SSSR count). The van der Waals surface area contributed by atoms with Crippen LogP contribution >= 0.6 is 0 Å². The van der Waals surface area contributed by atoms with Gasteiger partial charge in [-0.3, -0.25) is 0 Å². The molecule has 0 bridgehead atoms. The van der Waals surface area contributed by atoms with Crippen LogP contribution in [0.25, 0.3) is 0 Å². The molecule has 0 radical (unpaired) electrons. The molecule has 0 atom stereocenters. The number of aliphatic hydroxyl groups excluding tert-OH is 1. The molecular formula is C11H21N3O. The highest BCUT2D eigenvalue weighted by atomic mass is 16.2. The van der Waals surface area contributed by atoms with E-state index >= 15 is 0 Å². The molecule has 0 aromatic carbocycles. The molecule has 0 unspecified atom stereocenters. The minimum atomic E-state index is 0.221. The van der Waals surface area contributed by atoms with Gasteiger partial charge in [0.1, 0.15) is 0 Å². The Morgan fingerprint density at radius 1 is 1.40 bits per heavy atom. The smallest absolute Gasteiger partial charge is 0.0857 e. The molecule has 1 N–H and O–H groups in total. The van der Waals surface area contributed by atoms with E-state index < -0.39 is 0 Å². The maximum atomic E-state index is 8.75. The van der Waals surface area contributed by atoms with Crippen molar-refractivity contribution in [2.24, 2.45) is 5.92 Å². The highest BCUT2D eigenvalue weighted by Crippen LogP contribution is 2.09. The fraction of sp³-hybridized carbons (Fsp3) is 0.818. The summed E-state index contributed by atoms with van der Waals surface area (Å²) in [7, 11) is 0. The Morgan fingerprint density at radius 2 is 2.13 bits per heavy atom. The Balaban J connectivity index is 2.54. The van der Waals surface area contributed by atoms with Gasteiger partial charge in [-0.25, -0.2) is 4.68 Å². The van der Waals surface area contributed by atoms with Crippen LogP contribution in [0, 0.1) is 12.8 Å². The van der Waals surface area contributed by atoms with Crippen molar-refractivity contribution in [2.75, 3.05) is 6.61 Å². The van der Waals surface area contributed by atoms with Gasteiger partial charge in [-0.2, -0.15) is 0 Å². The quantitative estimate of drug-likeness (QED) is 0.777. The van der Waals surface area contributed by atoms with Crippen LogP contribution in [0.15, 0.2) is 0 Å². The van der Waals surface area contributed by atoms with Gasteiger partial charge in [-0.05, 0) is 32.1 Å². The summed E-state index contributed by atoms with van der Waals surface area (Å²) < 4.78 is 1.96. The number of rotatable bonds is 6. The second-order valence-corrected chi connectivity index (χ2v) is 4.35. The zero-order valence-corrected chi connectivity index (χ0v) is 9.90. The van der Waals surface area contributed by atoms with Crippen LogP contribution in [0.3, 0.4) is 0 Å². The predicted molar refractivity (Wildman–Crippen MR) is 59.6 cm³/mol. The first-order valence-corrected chi connectivity index (χ1v) is 5.65. The van der Waals surface area contributed by atoms with Crippen LogP contribution in [-0.2, 0) is 13.0 Å². The molecule has 0 spiro atoms. The largest absolute Gasteiger partial charge is 0.396 e. The Bertz CT molecular complexity index is 294. The molecule has 4 nitrogen and oxygen atoms in total. The number of aryl methyl sites for hydroxylation is 2. The third-order valence-corrected chi connectivity index (χ3v) is 2.57. The number of hydrogen-bond acceptors (Lipinski definition) is 3. The van der Waals surface area contributed by atoms with E-state index in [2.05, 4.69) is 24.2 Å². The van der Waals surface area contributed by atoms with E-state index in [9.17, 15) is 0 Å². The molecule has 0 aliphatic heterocycles. The summed E-state index contributed by atoms with van der Waals surface area (Å²) in [6.45, 7) is 7.62. The Labute approximate surface area is 91.3 Å². The van der Waals surface area contributed by atoms with Crippen molar-refractivity contribution < 1.29 is 5.11 Å². The first-order chi connectivity index (χ1) is 7.15. The van der Waals surface area contributed by atoms with Crippen LogP contribution in [0.1, 0.15) is 38.1 Å². The maximum Gasteiger partial charge on any atom is 0.0857 e. The highest BCUT2D eigenvalue weighted by molar-refractivity contribution is 5.07. The summed E-state index contributed by atoms with van der Waals surface area (Å²) >= 11 is 0. The van der Waals surface area contributed by atoms with Gasteiger partial charge in [0.2, 0.25) is 0 Å². The van der Waals surface area contributed by atoms with E-state index in [1.54, 1.807) is 0 Å². The average Bonchev–Trinajstić information content (AvgIpc) is 2.54. The minimum Gasteiger partial charge on any atom is -0.396 e. The SMILES string of the molecule is Cc1c(CCCO)nnn1CCC(C)C. The summed E-state index contributed by atoms with van der Waals surface area (Å²) in [6.07, 6.45) is 2.72. The number of nitrogens with zero attached hydrogens (tertiary/aromatic N) is 3. The lowest BCUT2D eigenvalue weighted by molar-refractivity contribution is 0.288. The van der Waals surface area contributed by atoms with Gasteiger partial charge in [0.25, 0.3) is 0 Å². The lowest BCUT2D eigenvalue weighted by Gasteiger charge is -2.05. The molecule has 0 saturated carbocycles. The molecule has 0 aliphatic rings. The Hall–Kier alpha value is -0.900. The van der Waals surface area contributed by atoms with E-state index in [0.29, 0.717) is 5.92 Å². The standard InChI is InChI=1S/C11H21N3O/c1-9(2)6-7-14-10(3)11(12-13-14)5-4-8-15/h9,15H,4-8H2,1-3H3. The van der Waals surface area contributed by atoms with E-state index in [-0.39, 0.29) is 6.61 Å². The van der Waals surface area contributed by atoms with Gasteiger partial charge >= 0.3 is 0 Å². The first-order valence-electron chi connectivity index (χ1n) is 5.65. The number of aromatic nitrogens is 3. The Morgan fingerprint density at radius 3 is 2.73 bits per heavy atom. The van der Waals surface area contributed by atoms with Crippen LogP contribution in [-0.4, -0.2) is 26.7 Å². The van der Waals surface area contributed by atoms with Crippen LogP contribution in [0.4, 0.5) is 0 Å². The topological polar surface area (TPSA) is 50.9 Å². The molecule has 4 heteroatoms. The van der Waals surface area contributed by atoms with Gasteiger partial charge in [-0.1, -0.05) is 19.1 Å². The van der Waals surface area contributed by atoms with Crippen LogP contribution in [0.5, 0.6) is 0 Å². The molecule has 15 heavy (non-hydrogen) atoms. The normalized spacial score (nSPS) is 11.3.